The number of urea groups is 1. The Morgan fingerprint density at radius 2 is 1.70 bits per heavy atom. The van der Waals surface area contributed by atoms with Gasteiger partial charge in [0, 0.05) is 38.4 Å². The van der Waals surface area contributed by atoms with Crippen LogP contribution < -0.4 is 10.6 Å². The third kappa shape index (κ3) is 6.19. The summed E-state index contributed by atoms with van der Waals surface area (Å²) in [7, 11) is 0. The van der Waals surface area contributed by atoms with Crippen LogP contribution in [0.1, 0.15) is 50.0 Å². The third-order valence-electron chi connectivity index (χ3n) is 7.40. The molecular formula is C24H27F5N4O4. The lowest BCUT2D eigenvalue weighted by molar-refractivity contribution is -0.162. The predicted molar refractivity (Wildman–Crippen MR) is 119 cm³/mol. The second-order valence-corrected chi connectivity index (χ2v) is 10.1. The smallest absolute Gasteiger partial charge is 0.331 e. The van der Waals surface area contributed by atoms with E-state index in [1.807, 2.05) is 0 Å². The molecule has 2 N–H and O–H groups in total. The average molecular weight is 530 g/mol. The molecule has 3 fully saturated rings. The molecule has 2 atom stereocenters. The van der Waals surface area contributed by atoms with Crippen LogP contribution in [0, 0.1) is 17.0 Å². The van der Waals surface area contributed by atoms with Crippen molar-refractivity contribution in [2.24, 2.45) is 5.41 Å². The number of alkyl halides is 3. The van der Waals surface area contributed by atoms with Gasteiger partial charge < -0.3 is 15.1 Å². The lowest BCUT2D eigenvalue weighted by Gasteiger charge is -2.43. The highest BCUT2D eigenvalue weighted by atomic mass is 19.4. The van der Waals surface area contributed by atoms with E-state index in [0.717, 1.165) is 6.07 Å². The number of rotatable bonds is 3. The Labute approximate surface area is 209 Å². The van der Waals surface area contributed by atoms with E-state index in [4.69, 9.17) is 0 Å². The van der Waals surface area contributed by atoms with Crippen molar-refractivity contribution in [3.8, 4) is 0 Å². The van der Waals surface area contributed by atoms with Crippen molar-refractivity contribution in [2.75, 3.05) is 26.2 Å². The van der Waals surface area contributed by atoms with Crippen molar-refractivity contribution < 1.29 is 41.1 Å². The van der Waals surface area contributed by atoms with Gasteiger partial charge in [-0.2, -0.15) is 13.2 Å². The number of piperidine rings is 2. The first-order chi connectivity index (χ1) is 17.4. The first-order valence-electron chi connectivity index (χ1n) is 12.0. The van der Waals surface area contributed by atoms with E-state index in [1.165, 1.54) is 17.0 Å². The van der Waals surface area contributed by atoms with Crippen LogP contribution >= 0.6 is 0 Å². The number of nitrogens with zero attached hydrogens (tertiary/aromatic N) is 2. The number of imide groups is 1. The zero-order valence-corrected chi connectivity index (χ0v) is 19.9. The summed E-state index contributed by atoms with van der Waals surface area (Å²) in [5, 5.41) is 4.77. The quantitative estimate of drug-likeness (QED) is 0.464. The maximum Gasteiger partial charge on any atom is 0.406 e. The number of carbonyl (C=O) groups excluding carboxylic acids is 4. The fourth-order valence-electron chi connectivity index (χ4n) is 5.51. The van der Waals surface area contributed by atoms with Gasteiger partial charge in [-0.05, 0) is 42.7 Å². The Morgan fingerprint density at radius 3 is 2.32 bits per heavy atom. The fourth-order valence-corrected chi connectivity index (χ4v) is 5.51. The molecule has 0 unspecified atom stereocenters. The predicted octanol–water partition coefficient (Wildman–Crippen LogP) is 2.83. The van der Waals surface area contributed by atoms with Crippen LogP contribution in [-0.4, -0.2) is 71.9 Å². The van der Waals surface area contributed by atoms with Gasteiger partial charge in [0.25, 0.3) is 0 Å². The van der Waals surface area contributed by atoms with Gasteiger partial charge in [0.05, 0.1) is 0 Å². The zero-order chi connectivity index (χ0) is 27.0. The van der Waals surface area contributed by atoms with E-state index in [0.29, 0.717) is 17.7 Å². The van der Waals surface area contributed by atoms with Gasteiger partial charge in [-0.1, -0.05) is 12.1 Å². The molecule has 0 bridgehead atoms. The number of benzene rings is 1. The molecule has 1 aromatic rings. The number of hydrogen-bond donors (Lipinski definition) is 2. The van der Waals surface area contributed by atoms with Crippen molar-refractivity contribution >= 4 is 23.8 Å². The first kappa shape index (κ1) is 26.8. The van der Waals surface area contributed by atoms with Crippen molar-refractivity contribution in [1.82, 2.24) is 20.4 Å². The van der Waals surface area contributed by atoms with Crippen LogP contribution in [0.25, 0.3) is 0 Å². The molecule has 3 aliphatic rings. The highest BCUT2D eigenvalue weighted by Crippen LogP contribution is 2.40. The van der Waals surface area contributed by atoms with Crippen LogP contribution in [0.15, 0.2) is 18.2 Å². The van der Waals surface area contributed by atoms with E-state index in [-0.39, 0.29) is 56.2 Å². The summed E-state index contributed by atoms with van der Waals surface area (Å²) in [6.45, 7) is -1.66. The van der Waals surface area contributed by atoms with E-state index < -0.39 is 60.2 Å². The van der Waals surface area contributed by atoms with Gasteiger partial charge in [-0.25, -0.2) is 13.6 Å². The Bertz CT molecular complexity index is 1070. The molecule has 5 amide bonds. The first-order valence-corrected chi connectivity index (χ1v) is 12.0. The summed E-state index contributed by atoms with van der Waals surface area (Å²) in [6.07, 6.45) is -3.64. The number of hydrogen-bond acceptors (Lipinski definition) is 4. The van der Waals surface area contributed by atoms with Crippen molar-refractivity contribution in [3.63, 3.8) is 0 Å². The molecule has 3 heterocycles. The van der Waals surface area contributed by atoms with Gasteiger partial charge >= 0.3 is 12.2 Å². The SMILES string of the molecule is O=C1CC2(CCN(C(=O)N[C@@H]3CC[C@@H](c4cccc(F)c4F)CN(CC(F)(F)F)C3=O)CC2)CC(=O)N1. The van der Waals surface area contributed by atoms with E-state index in [9.17, 15) is 41.1 Å². The largest absolute Gasteiger partial charge is 0.406 e. The van der Waals surface area contributed by atoms with Crippen LogP contribution in [0.4, 0.5) is 26.7 Å². The van der Waals surface area contributed by atoms with Gasteiger partial charge in [-0.15, -0.1) is 0 Å². The van der Waals surface area contributed by atoms with Crippen molar-refractivity contribution in [3.05, 3.63) is 35.4 Å². The molecule has 8 nitrogen and oxygen atoms in total. The molecule has 0 aliphatic carbocycles. The minimum atomic E-state index is -4.73. The molecular weight excluding hydrogens is 503 g/mol. The number of carbonyl (C=O) groups is 4. The second-order valence-electron chi connectivity index (χ2n) is 10.1. The van der Waals surface area contributed by atoms with Crippen molar-refractivity contribution in [1.29, 1.82) is 0 Å². The second kappa shape index (κ2) is 10.3. The molecule has 0 radical (unpaired) electrons. The summed E-state index contributed by atoms with van der Waals surface area (Å²) in [5.74, 6) is -4.90. The molecule has 4 rings (SSSR count). The summed E-state index contributed by atoms with van der Waals surface area (Å²) in [4.78, 5) is 51.5. The van der Waals surface area contributed by atoms with Gasteiger partial charge in [-0.3, -0.25) is 19.7 Å². The van der Waals surface area contributed by atoms with Gasteiger partial charge in [0.2, 0.25) is 17.7 Å². The average Bonchev–Trinajstić information content (AvgIpc) is 2.93. The summed E-state index contributed by atoms with van der Waals surface area (Å²) in [5.41, 5.74) is -0.667. The Morgan fingerprint density at radius 1 is 1.05 bits per heavy atom. The standard InChI is InChI=1S/C24H27F5N4O4/c25-16-3-1-2-15(20(16)26)14-4-5-17(21(36)33(12-14)13-24(27,28)29)30-22(37)32-8-6-23(7-9-32)10-18(34)31-19(35)11-23/h1-3,14,17H,4-13H2,(H,30,37)(H,31,34,35)/t14-,17-/m1/s1. The molecule has 37 heavy (non-hydrogen) atoms. The number of halogens is 5. The number of amides is 5. The minimum Gasteiger partial charge on any atom is -0.331 e. The Balaban J connectivity index is 1.45. The lowest BCUT2D eigenvalue weighted by atomic mass is 9.71. The summed E-state index contributed by atoms with van der Waals surface area (Å²) >= 11 is 0. The molecule has 13 heteroatoms. The van der Waals surface area contributed by atoms with Gasteiger partial charge in [0.15, 0.2) is 11.6 Å². The molecule has 0 saturated carbocycles. The monoisotopic (exact) mass is 530 g/mol. The van der Waals surface area contributed by atoms with E-state index in [1.54, 1.807) is 0 Å². The molecule has 3 saturated heterocycles. The number of likely N-dealkylation sites (tertiary alicyclic amines) is 2. The van der Waals surface area contributed by atoms with Crippen LogP contribution in [-0.2, 0) is 14.4 Å². The van der Waals surface area contributed by atoms with Gasteiger partial charge in [0.1, 0.15) is 12.6 Å². The zero-order valence-electron chi connectivity index (χ0n) is 19.9. The Kier molecular flexibility index (Phi) is 7.43. The molecule has 3 aliphatic heterocycles. The van der Waals surface area contributed by atoms with Crippen molar-refractivity contribution in [2.45, 2.75) is 56.7 Å². The Hall–Kier alpha value is -3.25. The fraction of sp³-hybridized carbons (Fsp3) is 0.583. The third-order valence-corrected chi connectivity index (χ3v) is 7.40. The normalized spacial score (nSPS) is 24.6. The van der Waals surface area contributed by atoms with E-state index in [2.05, 4.69) is 10.6 Å². The summed E-state index contributed by atoms with van der Waals surface area (Å²) < 4.78 is 67.9. The van der Waals surface area contributed by atoms with Crippen LogP contribution in [0.2, 0.25) is 0 Å². The molecule has 0 aromatic heterocycles. The van der Waals surface area contributed by atoms with Crippen LogP contribution in [0.3, 0.4) is 0 Å². The number of nitrogens with one attached hydrogen (secondary N) is 2. The van der Waals surface area contributed by atoms with Crippen LogP contribution in [0.5, 0.6) is 0 Å². The molecule has 202 valence electrons. The maximum absolute atomic E-state index is 14.4. The lowest BCUT2D eigenvalue weighted by Crippen LogP contribution is -2.56. The van der Waals surface area contributed by atoms with E-state index >= 15 is 0 Å². The maximum atomic E-state index is 14.4. The summed E-state index contributed by atoms with van der Waals surface area (Å²) in [6, 6.07) is 1.49. The minimum absolute atomic E-state index is 0.0474. The highest BCUT2D eigenvalue weighted by Gasteiger charge is 2.44. The highest BCUT2D eigenvalue weighted by molar-refractivity contribution is 5.98. The molecule has 1 aromatic carbocycles. The topological polar surface area (TPSA) is 98.8 Å². The molecule has 1 spiro atoms.